The highest BCUT2D eigenvalue weighted by atomic mass is 16.5. The van der Waals surface area contributed by atoms with Crippen LogP contribution in [0.3, 0.4) is 0 Å². The number of esters is 1. The van der Waals surface area contributed by atoms with Gasteiger partial charge in [0.1, 0.15) is 0 Å². The number of carbonyl (C=O) groups is 2. The van der Waals surface area contributed by atoms with Crippen LogP contribution in [0.15, 0.2) is 24.3 Å². The second-order valence-corrected chi connectivity index (χ2v) is 4.34. The van der Waals surface area contributed by atoms with Crippen LogP contribution in [0.4, 0.5) is 0 Å². The molecule has 110 valence electrons. The number of carbonyl (C=O) groups excluding carboxylic acids is 1. The Balaban J connectivity index is 0.000000333. The number of hydrogen-bond donors (Lipinski definition) is 1. The molecule has 5 nitrogen and oxygen atoms in total. The summed E-state index contributed by atoms with van der Waals surface area (Å²) < 4.78 is 9.84. The summed E-state index contributed by atoms with van der Waals surface area (Å²) >= 11 is 0. The maximum Gasteiger partial charge on any atom is 0.338 e. The molecule has 20 heavy (non-hydrogen) atoms. The number of ether oxygens (including phenoxy) is 2. The van der Waals surface area contributed by atoms with Gasteiger partial charge in [-0.15, -0.1) is 0 Å². The minimum Gasteiger partial charge on any atom is -0.478 e. The van der Waals surface area contributed by atoms with Crippen LogP contribution >= 0.6 is 0 Å². The maximum absolute atomic E-state index is 11.3. The van der Waals surface area contributed by atoms with Crippen LogP contribution in [0, 0.1) is 0 Å². The van der Waals surface area contributed by atoms with E-state index in [0.717, 1.165) is 19.6 Å². The normalized spacial score (nSPS) is 13.2. The topological polar surface area (TPSA) is 72.8 Å². The summed E-state index contributed by atoms with van der Waals surface area (Å²) in [7, 11) is 0. The van der Waals surface area contributed by atoms with E-state index >= 15 is 0 Å². The Morgan fingerprint density at radius 1 is 1.15 bits per heavy atom. The molecule has 1 fully saturated rings. The van der Waals surface area contributed by atoms with Gasteiger partial charge in [0.2, 0.25) is 0 Å². The number of carboxylic acids is 1. The van der Waals surface area contributed by atoms with Crippen molar-refractivity contribution in [3.8, 4) is 0 Å². The van der Waals surface area contributed by atoms with E-state index in [4.69, 9.17) is 14.6 Å². The van der Waals surface area contributed by atoms with E-state index in [1.54, 1.807) is 0 Å². The first-order valence-corrected chi connectivity index (χ1v) is 6.73. The van der Waals surface area contributed by atoms with E-state index in [1.165, 1.54) is 37.1 Å². The molecule has 0 unspecified atom stereocenters. The molecular weight excluding hydrogens is 260 g/mol. The molecule has 1 heterocycles. The van der Waals surface area contributed by atoms with Gasteiger partial charge < -0.3 is 14.6 Å². The lowest BCUT2D eigenvalue weighted by Crippen LogP contribution is -2.06. The average Bonchev–Trinajstić information content (AvgIpc) is 3.04. The van der Waals surface area contributed by atoms with Gasteiger partial charge in [0.05, 0.1) is 17.7 Å². The molecule has 0 atom stereocenters. The van der Waals surface area contributed by atoms with E-state index in [1.807, 2.05) is 6.92 Å². The van der Waals surface area contributed by atoms with Gasteiger partial charge in [0, 0.05) is 13.2 Å². The molecule has 0 bridgehead atoms. The Bertz CT molecular complexity index is 413. The van der Waals surface area contributed by atoms with Gasteiger partial charge in [-0.2, -0.15) is 0 Å². The lowest BCUT2D eigenvalue weighted by Gasteiger charge is -2.02. The van der Waals surface area contributed by atoms with Crippen LogP contribution in [0.5, 0.6) is 0 Å². The molecule has 1 aliphatic rings. The van der Waals surface area contributed by atoms with Crippen LogP contribution in [-0.4, -0.2) is 36.9 Å². The third-order valence-electron chi connectivity index (χ3n) is 2.63. The minimum absolute atomic E-state index is 0.155. The van der Waals surface area contributed by atoms with E-state index < -0.39 is 11.9 Å². The van der Waals surface area contributed by atoms with Crippen LogP contribution in [0.2, 0.25) is 0 Å². The second kappa shape index (κ2) is 9.09. The molecule has 1 saturated heterocycles. The fraction of sp³-hybridized carbons (Fsp3) is 0.467. The number of aromatic carboxylic acids is 1. The Morgan fingerprint density at radius 2 is 1.70 bits per heavy atom. The number of benzene rings is 1. The summed E-state index contributed by atoms with van der Waals surface area (Å²) in [4.78, 5) is 21.9. The molecule has 0 amide bonds. The zero-order valence-electron chi connectivity index (χ0n) is 11.6. The van der Waals surface area contributed by atoms with Crippen molar-refractivity contribution in [3.63, 3.8) is 0 Å². The summed E-state index contributed by atoms with van der Waals surface area (Å²) in [5.74, 6) is -1.43. The van der Waals surface area contributed by atoms with E-state index in [0.29, 0.717) is 12.2 Å². The number of carboxylic acid groups (broad SMARTS) is 1. The third-order valence-corrected chi connectivity index (χ3v) is 2.63. The third kappa shape index (κ3) is 5.84. The predicted molar refractivity (Wildman–Crippen MR) is 74.0 cm³/mol. The zero-order chi connectivity index (χ0) is 14.8. The van der Waals surface area contributed by atoms with E-state index in [9.17, 15) is 9.59 Å². The summed E-state index contributed by atoms with van der Waals surface area (Å²) in [6, 6.07) is 5.65. The van der Waals surface area contributed by atoms with E-state index in [-0.39, 0.29) is 5.56 Å². The molecule has 1 aliphatic heterocycles. The van der Waals surface area contributed by atoms with Crippen molar-refractivity contribution in [1.82, 2.24) is 0 Å². The van der Waals surface area contributed by atoms with Gasteiger partial charge in [-0.1, -0.05) is 6.92 Å². The number of hydrogen-bond acceptors (Lipinski definition) is 4. The Morgan fingerprint density at radius 3 is 2.10 bits per heavy atom. The molecule has 0 radical (unpaired) electrons. The molecule has 1 aromatic rings. The lowest BCUT2D eigenvalue weighted by molar-refractivity contribution is 0.0504. The molecule has 2 rings (SSSR count). The standard InChI is InChI=1S/C11H12O4.C4H8O/c1-2-7-15-11(14)9-5-3-8(4-6-9)10(12)13;1-2-4-5-3-1/h3-6H,2,7H2,1H3,(H,12,13);1-4H2. The van der Waals surface area contributed by atoms with Gasteiger partial charge in [-0.25, -0.2) is 9.59 Å². The zero-order valence-corrected chi connectivity index (χ0v) is 11.6. The van der Waals surface area contributed by atoms with E-state index in [2.05, 4.69) is 0 Å². The van der Waals surface area contributed by atoms with Gasteiger partial charge >= 0.3 is 11.9 Å². The van der Waals surface area contributed by atoms with Gasteiger partial charge in [-0.3, -0.25) is 0 Å². The maximum atomic E-state index is 11.3. The van der Waals surface area contributed by atoms with Crippen LogP contribution < -0.4 is 0 Å². The van der Waals surface area contributed by atoms with Crippen LogP contribution in [-0.2, 0) is 9.47 Å². The highest BCUT2D eigenvalue weighted by Crippen LogP contribution is 2.06. The van der Waals surface area contributed by atoms with Crippen molar-refractivity contribution in [3.05, 3.63) is 35.4 Å². The molecule has 0 spiro atoms. The fourth-order valence-electron chi connectivity index (χ4n) is 1.54. The van der Waals surface area contributed by atoms with Crippen molar-refractivity contribution in [1.29, 1.82) is 0 Å². The minimum atomic E-state index is -1.01. The quantitative estimate of drug-likeness (QED) is 0.858. The van der Waals surface area contributed by atoms with Crippen LogP contribution in [0.1, 0.15) is 46.9 Å². The highest BCUT2D eigenvalue weighted by Gasteiger charge is 2.08. The predicted octanol–water partition coefficient (Wildman–Crippen LogP) is 2.75. The molecular formula is C15H20O5. The Kier molecular flexibility index (Phi) is 7.35. The first kappa shape index (κ1) is 16.2. The molecule has 0 saturated carbocycles. The monoisotopic (exact) mass is 280 g/mol. The average molecular weight is 280 g/mol. The first-order valence-electron chi connectivity index (χ1n) is 6.73. The van der Waals surface area contributed by atoms with Crippen molar-refractivity contribution < 1.29 is 24.2 Å². The van der Waals surface area contributed by atoms with Crippen molar-refractivity contribution in [2.45, 2.75) is 26.2 Å². The van der Waals surface area contributed by atoms with Crippen molar-refractivity contribution in [2.75, 3.05) is 19.8 Å². The largest absolute Gasteiger partial charge is 0.478 e. The van der Waals surface area contributed by atoms with Crippen molar-refractivity contribution >= 4 is 11.9 Å². The smallest absolute Gasteiger partial charge is 0.338 e. The Labute approximate surface area is 118 Å². The number of rotatable bonds is 4. The highest BCUT2D eigenvalue weighted by molar-refractivity contribution is 5.92. The first-order chi connectivity index (χ1) is 9.65. The molecule has 0 aromatic heterocycles. The lowest BCUT2D eigenvalue weighted by atomic mass is 10.1. The summed E-state index contributed by atoms with van der Waals surface area (Å²) in [5.41, 5.74) is 0.524. The second-order valence-electron chi connectivity index (χ2n) is 4.34. The van der Waals surface area contributed by atoms with Crippen molar-refractivity contribution in [2.24, 2.45) is 0 Å². The van der Waals surface area contributed by atoms with Crippen LogP contribution in [0.25, 0.3) is 0 Å². The molecule has 1 aromatic carbocycles. The molecule has 0 aliphatic carbocycles. The SMILES string of the molecule is C1CCOC1.CCCOC(=O)c1ccc(C(=O)O)cc1. The van der Waals surface area contributed by atoms with Gasteiger partial charge in [0.25, 0.3) is 0 Å². The summed E-state index contributed by atoms with van der Waals surface area (Å²) in [6.45, 7) is 4.28. The molecule has 1 N–H and O–H groups in total. The fourth-order valence-corrected chi connectivity index (χ4v) is 1.54. The Hall–Kier alpha value is -1.88. The summed E-state index contributed by atoms with van der Waals surface area (Å²) in [6.07, 6.45) is 3.32. The van der Waals surface area contributed by atoms with Gasteiger partial charge in [-0.05, 0) is 43.5 Å². The molecule has 5 heteroatoms. The van der Waals surface area contributed by atoms with Gasteiger partial charge in [0.15, 0.2) is 0 Å². The summed E-state index contributed by atoms with van der Waals surface area (Å²) in [5, 5.41) is 8.64.